The molecule has 0 atom stereocenters. The van der Waals surface area contributed by atoms with Gasteiger partial charge in [-0.3, -0.25) is 4.52 Å². The fourth-order valence-corrected chi connectivity index (χ4v) is 0.291. The van der Waals surface area contributed by atoms with E-state index in [9.17, 15) is 4.57 Å². The molecule has 5 nitrogen and oxygen atoms in total. The van der Waals surface area contributed by atoms with Crippen LogP contribution < -0.4 is 35.3 Å². The summed E-state index contributed by atoms with van der Waals surface area (Å²) in [5, 5.41) is 0. The molecule has 0 aliphatic rings. The van der Waals surface area contributed by atoms with E-state index in [2.05, 4.69) is 10.3 Å². The molecular weight excluding hydrogens is 144 g/mol. The summed E-state index contributed by atoms with van der Waals surface area (Å²) in [6.45, 7) is -0.454. The number of phosphoric ester groups is 1. The van der Waals surface area contributed by atoms with Crippen LogP contribution in [-0.2, 0) is 9.09 Å². The normalized spacial score (nSPS) is 10.4. The van der Waals surface area contributed by atoms with Crippen molar-refractivity contribution in [3.8, 4) is 0 Å². The minimum absolute atomic E-state index is 0. The monoisotopic (exact) mass is 151 g/mol. The molecule has 0 heterocycles. The van der Waals surface area contributed by atoms with Gasteiger partial charge in [-0.15, -0.1) is 0 Å². The van der Waals surface area contributed by atoms with Gasteiger partial charge in [0.25, 0.3) is 0 Å². The van der Waals surface area contributed by atoms with E-state index in [4.69, 9.17) is 9.79 Å². The molecule has 0 radical (unpaired) electrons. The molecule has 0 aromatic heterocycles. The van der Waals surface area contributed by atoms with Gasteiger partial charge in [-0.2, -0.15) is 0 Å². The van der Waals surface area contributed by atoms with E-state index >= 15 is 0 Å². The molecule has 0 spiro atoms. The first kappa shape index (κ1) is 11.8. The first-order valence-electron chi connectivity index (χ1n) is 1.46. The van der Waals surface area contributed by atoms with Crippen molar-refractivity contribution >= 4 is 7.82 Å². The van der Waals surface area contributed by atoms with Crippen LogP contribution in [0.4, 0.5) is 0 Å². The molecule has 0 saturated heterocycles. The van der Waals surface area contributed by atoms with E-state index < -0.39 is 14.6 Å². The maximum Gasteiger partial charge on any atom is 1.00 e. The molecule has 0 aliphatic heterocycles. The summed E-state index contributed by atoms with van der Waals surface area (Å²) in [7, 11) is -4.29. The predicted molar refractivity (Wildman–Crippen MR) is 23.3 cm³/mol. The number of hydrogen-bond acceptors (Lipinski definition) is 3. The smallest absolute Gasteiger partial charge is 1.00 e. The molecule has 4 N–H and O–H groups in total. The Hall–Kier alpha value is 1.07. The minimum Gasteiger partial charge on any atom is -1.00 e. The average Bonchev–Trinajstić information content (AvgIpc) is 1.30. The van der Waals surface area contributed by atoms with Gasteiger partial charge in [0, 0.05) is 0 Å². The van der Waals surface area contributed by atoms with Crippen LogP contribution in [0.15, 0.2) is 0 Å². The first-order chi connectivity index (χ1) is 3.06. The van der Waals surface area contributed by atoms with Crippen molar-refractivity contribution in [1.29, 1.82) is 0 Å². The van der Waals surface area contributed by atoms with Gasteiger partial charge < -0.3 is 16.9 Å². The zero-order chi connectivity index (χ0) is 5.91. The molecule has 0 saturated carbocycles. The van der Waals surface area contributed by atoms with Crippen molar-refractivity contribution in [3.63, 3.8) is 0 Å². The van der Waals surface area contributed by atoms with Crippen LogP contribution in [-0.4, -0.2) is 16.5 Å². The first-order valence-corrected chi connectivity index (χ1v) is 2.99. The van der Waals surface area contributed by atoms with Crippen LogP contribution in [0, 0.1) is 0 Å². The summed E-state index contributed by atoms with van der Waals surface area (Å²) in [6, 6.07) is 0. The van der Waals surface area contributed by atoms with Gasteiger partial charge in [-0.05, 0) is 0 Å². The van der Waals surface area contributed by atoms with Crippen molar-refractivity contribution in [2.75, 3.05) is 6.73 Å². The molecule has 0 aliphatic carbocycles. The van der Waals surface area contributed by atoms with E-state index in [1.165, 1.54) is 0 Å². The third kappa shape index (κ3) is 10.1. The molecule has 0 aromatic rings. The summed E-state index contributed by atoms with van der Waals surface area (Å²) in [4.78, 5) is 15.7. The molecule has 0 fully saturated rings. The number of phosphoric acid groups is 1. The molecule has 46 valence electrons. The van der Waals surface area contributed by atoms with E-state index in [-0.39, 0.29) is 31.0 Å². The summed E-state index contributed by atoms with van der Waals surface area (Å²) in [5.74, 6) is 0. The molecule has 7 heteroatoms. The summed E-state index contributed by atoms with van der Waals surface area (Å²) in [6.07, 6.45) is 0. The molecular formula is CH7NNaO4P. The van der Waals surface area contributed by atoms with Crippen LogP contribution in [0.2, 0.25) is 0 Å². The molecule has 0 rings (SSSR count). The molecule has 0 bridgehead atoms. The number of hydrogen-bond donors (Lipinski definition) is 3. The standard InChI is InChI=1S/CH6NO4P.Na.H/c2-1-6-7(3,4)5;;/h1-2H2,(H2,3,4,5);;/q;+1;-1. The van der Waals surface area contributed by atoms with Crippen LogP contribution in [0.3, 0.4) is 0 Å². The Kier molecular flexibility index (Phi) is 7.24. The Bertz CT molecular complexity index is 94.6. The van der Waals surface area contributed by atoms with Crippen molar-refractivity contribution in [2.45, 2.75) is 0 Å². The van der Waals surface area contributed by atoms with E-state index in [0.29, 0.717) is 0 Å². The Morgan fingerprint density at radius 2 is 2.12 bits per heavy atom. The third-order valence-electron chi connectivity index (χ3n) is 0.243. The van der Waals surface area contributed by atoms with Crippen molar-refractivity contribution < 1.29 is 49.9 Å². The minimum atomic E-state index is -4.29. The fourth-order valence-electron chi connectivity index (χ4n) is 0.0971. The average molecular weight is 151 g/mol. The predicted octanol–water partition coefficient (Wildman–Crippen LogP) is -3.87. The Balaban J connectivity index is -0.000000180. The number of nitrogens with two attached hydrogens (primary N) is 1. The number of rotatable bonds is 2. The molecule has 0 amide bonds. The maximum atomic E-state index is 9.62. The zero-order valence-electron chi connectivity index (χ0n) is 5.44. The van der Waals surface area contributed by atoms with E-state index in [1.54, 1.807) is 0 Å². The van der Waals surface area contributed by atoms with Gasteiger partial charge in [0.2, 0.25) is 0 Å². The van der Waals surface area contributed by atoms with Gasteiger partial charge in [0.05, 0.1) is 0 Å². The third-order valence-corrected chi connectivity index (χ3v) is 0.728. The van der Waals surface area contributed by atoms with Gasteiger partial charge in [-0.25, -0.2) is 4.57 Å². The fraction of sp³-hybridized carbons (Fsp3) is 1.00. The van der Waals surface area contributed by atoms with Crippen LogP contribution in [0.1, 0.15) is 1.43 Å². The Morgan fingerprint density at radius 1 is 1.75 bits per heavy atom. The van der Waals surface area contributed by atoms with Gasteiger partial charge in [0.15, 0.2) is 0 Å². The van der Waals surface area contributed by atoms with E-state index in [1.807, 2.05) is 0 Å². The maximum absolute atomic E-state index is 9.62. The Labute approximate surface area is 70.2 Å². The van der Waals surface area contributed by atoms with Crippen molar-refractivity contribution in [3.05, 3.63) is 0 Å². The molecule has 8 heavy (non-hydrogen) atoms. The van der Waals surface area contributed by atoms with Crippen LogP contribution in [0.25, 0.3) is 0 Å². The largest absolute Gasteiger partial charge is 1.00 e. The van der Waals surface area contributed by atoms with Crippen molar-refractivity contribution in [2.24, 2.45) is 5.73 Å². The van der Waals surface area contributed by atoms with Gasteiger partial charge >= 0.3 is 37.4 Å². The Morgan fingerprint density at radius 3 is 2.12 bits per heavy atom. The van der Waals surface area contributed by atoms with Crippen LogP contribution >= 0.6 is 7.82 Å². The van der Waals surface area contributed by atoms with E-state index in [0.717, 1.165) is 0 Å². The zero-order valence-corrected chi connectivity index (χ0v) is 7.34. The van der Waals surface area contributed by atoms with Gasteiger partial charge in [-0.1, -0.05) is 0 Å². The second-order valence-corrected chi connectivity index (χ2v) is 2.03. The van der Waals surface area contributed by atoms with Gasteiger partial charge in [0.1, 0.15) is 6.73 Å². The summed E-state index contributed by atoms with van der Waals surface area (Å²) in [5.41, 5.74) is 4.60. The topological polar surface area (TPSA) is 92.8 Å². The van der Waals surface area contributed by atoms with Crippen LogP contribution in [0.5, 0.6) is 0 Å². The SMILES string of the molecule is NCOP(=O)(O)O.[H-].[Na+]. The second-order valence-electron chi connectivity index (χ2n) is 0.786. The second kappa shape index (κ2) is 4.90. The molecule has 0 unspecified atom stereocenters. The summed E-state index contributed by atoms with van der Waals surface area (Å²) >= 11 is 0. The molecule has 0 aromatic carbocycles. The summed E-state index contributed by atoms with van der Waals surface area (Å²) < 4.78 is 13.3. The quantitative estimate of drug-likeness (QED) is 0.213. The van der Waals surface area contributed by atoms with Crippen molar-refractivity contribution in [1.82, 2.24) is 0 Å².